The van der Waals surface area contributed by atoms with Crippen molar-refractivity contribution in [1.82, 2.24) is 4.98 Å². The van der Waals surface area contributed by atoms with Gasteiger partial charge in [-0.25, -0.2) is 4.21 Å². The van der Waals surface area contributed by atoms with Crippen molar-refractivity contribution in [2.75, 3.05) is 17.6 Å². The van der Waals surface area contributed by atoms with E-state index in [0.717, 1.165) is 22.5 Å². The number of pyridine rings is 1. The molecule has 2 aromatic rings. The van der Waals surface area contributed by atoms with Crippen LogP contribution >= 0.6 is 0 Å². The third-order valence-corrected chi connectivity index (χ3v) is 4.53. The molecule has 1 unspecified atom stereocenters. The van der Waals surface area contributed by atoms with E-state index in [0.29, 0.717) is 0 Å². The van der Waals surface area contributed by atoms with Crippen molar-refractivity contribution in [2.24, 2.45) is 0 Å². The zero-order chi connectivity index (χ0) is 16.3. The molecule has 0 saturated carbocycles. The Morgan fingerprint density at radius 3 is 2.36 bits per heavy atom. The summed E-state index contributed by atoms with van der Waals surface area (Å²) in [5, 5.41) is 0. The third-order valence-electron chi connectivity index (χ3n) is 3.55. The predicted molar refractivity (Wildman–Crippen MR) is 96.2 cm³/mol. The molecule has 0 spiro atoms. The third kappa shape index (κ3) is 3.63. The summed E-state index contributed by atoms with van der Waals surface area (Å²) >= 11 is 0. The fraction of sp³-hybridized carbons (Fsp3) is 0.278. The van der Waals surface area contributed by atoms with E-state index in [1.54, 1.807) is 10.6 Å². The van der Waals surface area contributed by atoms with Crippen LogP contribution < -0.4 is 4.31 Å². The molecule has 0 aliphatic rings. The summed E-state index contributed by atoms with van der Waals surface area (Å²) in [4.78, 5) is 4.39. The Bertz CT molecular complexity index is 716. The van der Waals surface area contributed by atoms with Crippen LogP contribution in [0.4, 0.5) is 5.69 Å². The van der Waals surface area contributed by atoms with Gasteiger partial charge in [0.25, 0.3) is 0 Å². The van der Waals surface area contributed by atoms with Gasteiger partial charge in [-0.1, -0.05) is 23.8 Å². The second-order valence-corrected chi connectivity index (χ2v) is 6.94. The molecule has 0 fully saturated rings. The number of allylic oxidation sites excluding steroid dienone is 1. The molecule has 4 heteroatoms. The second-order valence-electron chi connectivity index (χ2n) is 5.55. The number of nitrogens with zero attached hydrogens (tertiary/aromatic N) is 2. The van der Waals surface area contributed by atoms with Crippen LogP contribution in [0.15, 0.2) is 42.1 Å². The number of hydrogen-bond acceptors (Lipinski definition) is 2. The van der Waals surface area contributed by atoms with Crippen molar-refractivity contribution in [1.29, 1.82) is 0 Å². The van der Waals surface area contributed by atoms with Crippen LogP contribution in [0.5, 0.6) is 0 Å². The first-order chi connectivity index (χ1) is 10.4. The van der Waals surface area contributed by atoms with Gasteiger partial charge in [0.15, 0.2) is 0 Å². The van der Waals surface area contributed by atoms with E-state index in [1.165, 1.54) is 11.1 Å². The maximum Gasteiger partial charge on any atom is 0.116 e. The highest BCUT2D eigenvalue weighted by Gasteiger charge is 2.09. The Labute approximate surface area is 135 Å². The fourth-order valence-corrected chi connectivity index (χ4v) is 2.72. The van der Waals surface area contributed by atoms with Gasteiger partial charge in [0.1, 0.15) is 11.0 Å². The monoisotopic (exact) mass is 314 g/mol. The maximum absolute atomic E-state index is 11.5. The van der Waals surface area contributed by atoms with Gasteiger partial charge in [-0.05, 0) is 50.1 Å². The topological polar surface area (TPSA) is 33.2 Å². The maximum atomic E-state index is 11.5. The number of aromatic nitrogens is 1. The van der Waals surface area contributed by atoms with E-state index in [-0.39, 0.29) is 0 Å². The summed E-state index contributed by atoms with van der Waals surface area (Å²) in [7, 11) is 0.815. The van der Waals surface area contributed by atoms with E-state index >= 15 is 0 Å². The van der Waals surface area contributed by atoms with E-state index in [1.807, 2.05) is 38.4 Å². The molecule has 0 radical (unpaired) electrons. The van der Waals surface area contributed by atoms with Gasteiger partial charge in [0.2, 0.25) is 0 Å². The lowest BCUT2D eigenvalue weighted by Gasteiger charge is -2.16. The van der Waals surface area contributed by atoms with Gasteiger partial charge >= 0.3 is 0 Å². The molecule has 1 aromatic heterocycles. The van der Waals surface area contributed by atoms with Crippen molar-refractivity contribution in [3.63, 3.8) is 0 Å². The van der Waals surface area contributed by atoms with Crippen LogP contribution in [0.25, 0.3) is 17.2 Å². The highest BCUT2D eigenvalue weighted by Crippen LogP contribution is 2.28. The Morgan fingerprint density at radius 2 is 1.82 bits per heavy atom. The second kappa shape index (κ2) is 6.88. The first-order valence-electron chi connectivity index (χ1n) is 7.18. The molecule has 1 atom stereocenters. The van der Waals surface area contributed by atoms with Crippen molar-refractivity contribution >= 4 is 22.7 Å². The van der Waals surface area contributed by atoms with Crippen LogP contribution in [0, 0.1) is 6.92 Å². The average molecular weight is 314 g/mol. The van der Waals surface area contributed by atoms with Crippen molar-refractivity contribution in [2.45, 2.75) is 20.8 Å². The summed E-state index contributed by atoms with van der Waals surface area (Å²) < 4.78 is 13.3. The molecule has 0 bridgehead atoms. The SMILES string of the molecule is CC(C)=Cc1c(-c2ccc(N(C)S(C)=O)cc2)ccnc1C. The molecule has 0 aliphatic carbocycles. The van der Waals surface area contributed by atoms with Gasteiger partial charge in [-0.15, -0.1) is 0 Å². The molecule has 0 saturated heterocycles. The molecule has 1 heterocycles. The minimum absolute atomic E-state index is 0.944. The largest absolute Gasteiger partial charge is 0.295 e. The minimum atomic E-state index is -1.01. The van der Waals surface area contributed by atoms with Crippen LogP contribution in [-0.2, 0) is 11.0 Å². The normalized spacial score (nSPS) is 11.9. The van der Waals surface area contributed by atoms with Crippen LogP contribution in [-0.4, -0.2) is 22.5 Å². The zero-order valence-electron chi connectivity index (χ0n) is 13.8. The Kier molecular flexibility index (Phi) is 5.14. The van der Waals surface area contributed by atoms with Crippen molar-refractivity contribution in [3.05, 3.63) is 53.4 Å². The zero-order valence-corrected chi connectivity index (χ0v) is 14.6. The molecule has 0 N–H and O–H groups in total. The number of aryl methyl sites for hydroxylation is 1. The minimum Gasteiger partial charge on any atom is -0.295 e. The van der Waals surface area contributed by atoms with E-state index in [9.17, 15) is 4.21 Å². The number of rotatable bonds is 4. The Hall–Kier alpha value is -1.94. The molecule has 0 amide bonds. The number of hydrogen-bond donors (Lipinski definition) is 0. The lowest BCUT2D eigenvalue weighted by atomic mass is 9.98. The first-order valence-corrected chi connectivity index (χ1v) is 8.70. The average Bonchev–Trinajstić information content (AvgIpc) is 2.48. The van der Waals surface area contributed by atoms with Gasteiger partial charge in [-0.2, -0.15) is 0 Å². The lowest BCUT2D eigenvalue weighted by molar-refractivity contribution is 0.685. The van der Waals surface area contributed by atoms with Gasteiger partial charge in [0, 0.05) is 36.4 Å². The molecule has 22 heavy (non-hydrogen) atoms. The smallest absolute Gasteiger partial charge is 0.116 e. The van der Waals surface area contributed by atoms with Crippen LogP contribution in [0.3, 0.4) is 0 Å². The Morgan fingerprint density at radius 1 is 1.18 bits per heavy atom. The molecule has 1 aromatic carbocycles. The summed E-state index contributed by atoms with van der Waals surface area (Å²) in [5.41, 5.74) is 6.67. The van der Waals surface area contributed by atoms with E-state index in [4.69, 9.17) is 0 Å². The summed E-state index contributed by atoms with van der Waals surface area (Å²) in [5.74, 6) is 0. The summed E-state index contributed by atoms with van der Waals surface area (Å²) in [6.07, 6.45) is 5.68. The fourth-order valence-electron chi connectivity index (χ4n) is 2.30. The summed E-state index contributed by atoms with van der Waals surface area (Å²) in [6.45, 7) is 6.20. The van der Waals surface area contributed by atoms with E-state index in [2.05, 4.69) is 37.0 Å². The first kappa shape index (κ1) is 16.4. The van der Waals surface area contributed by atoms with Crippen LogP contribution in [0.1, 0.15) is 25.1 Å². The van der Waals surface area contributed by atoms with Gasteiger partial charge in [-0.3, -0.25) is 9.29 Å². The van der Waals surface area contributed by atoms with E-state index < -0.39 is 11.0 Å². The number of anilines is 1. The molecule has 0 aliphatic heterocycles. The van der Waals surface area contributed by atoms with Gasteiger partial charge in [0.05, 0.1) is 0 Å². The summed E-state index contributed by atoms with van der Waals surface area (Å²) in [6, 6.07) is 10.2. The predicted octanol–water partition coefficient (Wildman–Crippen LogP) is 4.21. The van der Waals surface area contributed by atoms with Crippen molar-refractivity contribution < 1.29 is 4.21 Å². The highest BCUT2D eigenvalue weighted by atomic mass is 32.2. The molecule has 116 valence electrons. The number of benzene rings is 1. The van der Waals surface area contributed by atoms with Crippen molar-refractivity contribution in [3.8, 4) is 11.1 Å². The Balaban J connectivity index is 2.47. The standard InChI is InChI=1S/C18H22N2OS/c1-13(2)12-18-14(3)19-11-10-17(18)15-6-8-16(9-7-15)20(4)22(5)21/h6-12H,1-5H3. The molecule has 3 nitrogen and oxygen atoms in total. The molecular weight excluding hydrogens is 292 g/mol. The quantitative estimate of drug-likeness (QED) is 0.847. The van der Waals surface area contributed by atoms with Crippen LogP contribution in [0.2, 0.25) is 0 Å². The van der Waals surface area contributed by atoms with Gasteiger partial charge < -0.3 is 0 Å². The highest BCUT2D eigenvalue weighted by molar-refractivity contribution is 7.85. The molecule has 2 rings (SSSR count). The molecular formula is C18H22N2OS. The lowest BCUT2D eigenvalue weighted by Crippen LogP contribution is -2.18.